The number of nitrogens with two attached hydrogens (primary N) is 1. The number of fused-ring (bicyclic) bond motifs is 5. The van der Waals surface area contributed by atoms with Gasteiger partial charge in [0.25, 0.3) is 0 Å². The van der Waals surface area contributed by atoms with Crippen LogP contribution in [0.15, 0.2) is 5.16 Å². The normalized spacial score (nSPS) is 52.4. The van der Waals surface area contributed by atoms with E-state index in [4.69, 9.17) is 10.6 Å². The first kappa shape index (κ1) is 21.5. The Hall–Kier alpha value is -0.690. The fraction of sp³-hybridized carbons (Fsp3) is 0.957. The molecule has 8 atom stereocenters. The molecule has 0 unspecified atom stereocenters. The third-order valence-electron chi connectivity index (χ3n) is 9.98. The van der Waals surface area contributed by atoms with E-state index in [0.29, 0.717) is 43.5 Å². The fourth-order valence-corrected chi connectivity index (χ4v) is 8.07. The van der Waals surface area contributed by atoms with E-state index in [1.807, 2.05) is 6.92 Å². The van der Waals surface area contributed by atoms with Crippen molar-refractivity contribution in [3.8, 4) is 0 Å². The minimum absolute atomic E-state index is 0.162. The first-order valence-electron chi connectivity index (χ1n) is 11.6. The second kappa shape index (κ2) is 7.18. The van der Waals surface area contributed by atoms with Gasteiger partial charge in [-0.05, 0) is 87.9 Å². The van der Waals surface area contributed by atoms with Gasteiger partial charge in [0.05, 0.1) is 17.4 Å². The van der Waals surface area contributed by atoms with Crippen molar-refractivity contribution in [1.29, 1.82) is 0 Å². The third kappa shape index (κ3) is 2.85. The van der Waals surface area contributed by atoms with Gasteiger partial charge in [0, 0.05) is 12.0 Å². The Kier molecular flexibility index (Phi) is 5.33. The van der Waals surface area contributed by atoms with Crippen molar-refractivity contribution in [2.24, 2.45) is 39.5 Å². The first-order valence-corrected chi connectivity index (χ1v) is 11.6. The summed E-state index contributed by atoms with van der Waals surface area (Å²) in [5.74, 6) is 1.21. The fourth-order valence-electron chi connectivity index (χ4n) is 8.07. The van der Waals surface area contributed by atoms with Gasteiger partial charge < -0.3 is 25.9 Å². The summed E-state index contributed by atoms with van der Waals surface area (Å²) >= 11 is 0. The molecule has 0 radical (unpaired) electrons. The molecule has 0 aliphatic heterocycles. The van der Waals surface area contributed by atoms with Crippen LogP contribution in [-0.2, 0) is 4.84 Å². The summed E-state index contributed by atoms with van der Waals surface area (Å²) in [6, 6.07) is 0. The highest BCUT2D eigenvalue weighted by molar-refractivity contribution is 5.91. The lowest BCUT2D eigenvalue weighted by Gasteiger charge is -2.64. The smallest absolute Gasteiger partial charge is 0.129 e. The van der Waals surface area contributed by atoms with E-state index in [-0.39, 0.29) is 17.4 Å². The maximum atomic E-state index is 12.2. The van der Waals surface area contributed by atoms with Crippen molar-refractivity contribution in [3.63, 3.8) is 0 Å². The molecule has 0 amide bonds. The van der Waals surface area contributed by atoms with Gasteiger partial charge in [0.1, 0.15) is 12.2 Å². The Morgan fingerprint density at radius 2 is 1.79 bits per heavy atom. The molecule has 0 saturated heterocycles. The van der Waals surface area contributed by atoms with Crippen LogP contribution < -0.4 is 5.73 Å². The highest BCUT2D eigenvalue weighted by Crippen LogP contribution is 2.70. The summed E-state index contributed by atoms with van der Waals surface area (Å²) in [4.78, 5) is 5.28. The van der Waals surface area contributed by atoms with Crippen LogP contribution in [0.4, 0.5) is 0 Å². The molecule has 4 aliphatic rings. The summed E-state index contributed by atoms with van der Waals surface area (Å²) in [5, 5.41) is 38.3. The SMILES string of the molecule is C/C(=N\OCCN)[C@@]1(O)CC[C@]2(O)[C@@H]3CC[C@@H]4C[C@@H](O)CC[C@]4(C)[C@H]3CC[C@]12C. The molecule has 0 aromatic carbocycles. The van der Waals surface area contributed by atoms with Crippen molar-refractivity contribution < 1.29 is 20.2 Å². The Balaban J connectivity index is 1.64. The van der Waals surface area contributed by atoms with E-state index in [0.717, 1.165) is 44.9 Å². The van der Waals surface area contributed by atoms with Crippen LogP contribution in [0.2, 0.25) is 0 Å². The lowest BCUT2D eigenvalue weighted by Crippen LogP contribution is -2.66. The molecule has 4 aliphatic carbocycles. The van der Waals surface area contributed by atoms with Crippen molar-refractivity contribution >= 4 is 5.71 Å². The van der Waals surface area contributed by atoms with Crippen molar-refractivity contribution in [3.05, 3.63) is 0 Å². The van der Waals surface area contributed by atoms with E-state index in [1.165, 1.54) is 0 Å². The maximum Gasteiger partial charge on any atom is 0.129 e. The van der Waals surface area contributed by atoms with Gasteiger partial charge in [-0.3, -0.25) is 0 Å². The summed E-state index contributed by atoms with van der Waals surface area (Å²) in [6.07, 6.45) is 7.65. The Morgan fingerprint density at radius 3 is 2.52 bits per heavy atom. The number of rotatable bonds is 4. The number of oxime groups is 1. The topological polar surface area (TPSA) is 108 Å². The molecule has 0 aromatic heterocycles. The lowest BCUT2D eigenvalue weighted by atomic mass is 9.43. The van der Waals surface area contributed by atoms with Gasteiger partial charge in [-0.2, -0.15) is 0 Å². The summed E-state index contributed by atoms with van der Waals surface area (Å²) in [6.45, 7) is 7.00. The summed E-state index contributed by atoms with van der Waals surface area (Å²) < 4.78 is 0. The number of hydrogen-bond acceptors (Lipinski definition) is 6. The zero-order valence-corrected chi connectivity index (χ0v) is 18.4. The number of aliphatic hydroxyl groups excluding tert-OH is 1. The molecule has 0 heterocycles. The van der Waals surface area contributed by atoms with Crippen LogP contribution >= 0.6 is 0 Å². The largest absolute Gasteiger partial charge is 0.394 e. The van der Waals surface area contributed by atoms with Crippen LogP contribution in [0.1, 0.15) is 78.6 Å². The molecule has 4 saturated carbocycles. The van der Waals surface area contributed by atoms with E-state index in [9.17, 15) is 15.3 Å². The van der Waals surface area contributed by atoms with Gasteiger partial charge in [0.2, 0.25) is 0 Å². The Labute approximate surface area is 174 Å². The van der Waals surface area contributed by atoms with E-state index in [2.05, 4.69) is 19.0 Å². The lowest BCUT2D eigenvalue weighted by molar-refractivity contribution is -0.224. The van der Waals surface area contributed by atoms with Gasteiger partial charge in [-0.1, -0.05) is 19.0 Å². The molecule has 6 heteroatoms. The number of nitrogens with zero attached hydrogens (tertiary/aromatic N) is 1. The molecule has 166 valence electrons. The number of hydrogen-bond donors (Lipinski definition) is 4. The van der Waals surface area contributed by atoms with Crippen molar-refractivity contribution in [2.75, 3.05) is 13.2 Å². The number of aliphatic hydroxyl groups is 3. The van der Waals surface area contributed by atoms with Crippen molar-refractivity contribution in [1.82, 2.24) is 0 Å². The third-order valence-corrected chi connectivity index (χ3v) is 9.98. The van der Waals surface area contributed by atoms with Crippen LogP contribution in [0, 0.1) is 28.6 Å². The molecule has 6 nitrogen and oxygen atoms in total. The van der Waals surface area contributed by atoms with E-state index in [1.54, 1.807) is 0 Å². The summed E-state index contributed by atoms with van der Waals surface area (Å²) in [7, 11) is 0. The second-order valence-corrected chi connectivity index (χ2v) is 10.9. The predicted octanol–water partition coefficient (Wildman–Crippen LogP) is 2.59. The average Bonchev–Trinajstić information content (AvgIpc) is 2.91. The minimum atomic E-state index is -1.15. The van der Waals surface area contributed by atoms with E-state index < -0.39 is 16.6 Å². The molecule has 4 fully saturated rings. The molecular weight excluding hydrogens is 368 g/mol. The molecule has 4 rings (SSSR count). The molecule has 5 N–H and O–H groups in total. The van der Waals surface area contributed by atoms with Gasteiger partial charge in [-0.25, -0.2) is 0 Å². The quantitative estimate of drug-likeness (QED) is 0.325. The minimum Gasteiger partial charge on any atom is -0.394 e. The highest BCUT2D eigenvalue weighted by atomic mass is 16.6. The van der Waals surface area contributed by atoms with Crippen LogP contribution in [-0.4, -0.2) is 51.5 Å². The monoisotopic (exact) mass is 408 g/mol. The van der Waals surface area contributed by atoms with Gasteiger partial charge in [-0.15, -0.1) is 0 Å². The first-order chi connectivity index (χ1) is 13.6. The molecule has 0 spiro atoms. The van der Waals surface area contributed by atoms with Crippen molar-refractivity contribution in [2.45, 2.75) is 95.9 Å². The molecule has 0 bridgehead atoms. The zero-order valence-electron chi connectivity index (χ0n) is 18.4. The van der Waals surface area contributed by atoms with Gasteiger partial charge in [0.15, 0.2) is 0 Å². The zero-order chi connectivity index (χ0) is 21.1. The average molecular weight is 409 g/mol. The molecular formula is C23H40N2O4. The second-order valence-electron chi connectivity index (χ2n) is 10.9. The predicted molar refractivity (Wildman–Crippen MR) is 112 cm³/mol. The van der Waals surface area contributed by atoms with Crippen LogP contribution in [0.5, 0.6) is 0 Å². The Bertz CT molecular complexity index is 671. The maximum absolute atomic E-state index is 12.2. The molecule has 29 heavy (non-hydrogen) atoms. The van der Waals surface area contributed by atoms with E-state index >= 15 is 0 Å². The van der Waals surface area contributed by atoms with Crippen LogP contribution in [0.3, 0.4) is 0 Å². The summed E-state index contributed by atoms with van der Waals surface area (Å²) in [5.41, 5.74) is 3.57. The highest BCUT2D eigenvalue weighted by Gasteiger charge is 2.72. The van der Waals surface area contributed by atoms with Crippen LogP contribution in [0.25, 0.3) is 0 Å². The molecule has 0 aromatic rings. The Morgan fingerprint density at radius 1 is 1.03 bits per heavy atom. The van der Waals surface area contributed by atoms with Gasteiger partial charge >= 0.3 is 0 Å². The standard InChI is InChI=1S/C23H40N2O4/c1-15(25-29-13-12-24)22(27)10-11-23(28)19-5-4-16-14-17(26)6-8-20(16,2)18(19)7-9-21(22,23)3/h16-19,26-28H,4-14,24H2,1-3H3/b25-15+/t16-,17+,18+,19-,20+,21-,22+,23+/m1/s1.